The predicted octanol–water partition coefficient (Wildman–Crippen LogP) is 1.62. The van der Waals surface area contributed by atoms with Gasteiger partial charge in [0.05, 0.1) is 17.8 Å². The van der Waals surface area contributed by atoms with Crippen molar-refractivity contribution in [2.75, 3.05) is 25.1 Å². The molecule has 14 heavy (non-hydrogen) atoms. The van der Waals surface area contributed by atoms with Crippen molar-refractivity contribution in [3.8, 4) is 5.88 Å². The molecule has 0 atom stereocenters. The molecule has 0 amide bonds. The van der Waals surface area contributed by atoms with Crippen LogP contribution in [0.5, 0.6) is 5.88 Å². The van der Waals surface area contributed by atoms with E-state index in [0.717, 1.165) is 17.6 Å². The molecule has 5 heteroatoms. The maximum absolute atomic E-state index is 5.10. The molecule has 1 aromatic heterocycles. The Balaban J connectivity index is 2.26. The Kier molecular flexibility index (Phi) is 2.67. The summed E-state index contributed by atoms with van der Waals surface area (Å²) in [7, 11) is 1.60. The lowest BCUT2D eigenvalue weighted by molar-refractivity contribution is 0.394. The van der Waals surface area contributed by atoms with Crippen LogP contribution < -0.4 is 9.64 Å². The van der Waals surface area contributed by atoms with Crippen LogP contribution in [0.1, 0.15) is 0 Å². The fourth-order valence-electron chi connectivity index (χ4n) is 1.28. The molecule has 0 fully saturated rings. The number of methoxy groups -OCH3 is 1. The van der Waals surface area contributed by atoms with E-state index in [1.54, 1.807) is 13.3 Å². The second-order valence-electron chi connectivity index (χ2n) is 2.90. The second-order valence-corrected chi connectivity index (χ2v) is 3.76. The highest BCUT2D eigenvalue weighted by atomic mass is 79.9. The van der Waals surface area contributed by atoms with Crippen LogP contribution in [0.25, 0.3) is 0 Å². The first-order valence-corrected chi connectivity index (χ1v) is 5.07. The summed E-state index contributed by atoms with van der Waals surface area (Å²) in [4.78, 5) is 10.6. The van der Waals surface area contributed by atoms with Crippen LogP contribution in [0, 0.1) is 0 Å². The molecule has 1 aliphatic heterocycles. The minimum atomic E-state index is 0.571. The highest BCUT2D eigenvalue weighted by Gasteiger charge is 2.12. The summed E-state index contributed by atoms with van der Waals surface area (Å²) in [6, 6.07) is 0. The van der Waals surface area contributed by atoms with E-state index in [0.29, 0.717) is 11.8 Å². The maximum atomic E-state index is 5.10. The Bertz CT molecular complexity index is 359. The van der Waals surface area contributed by atoms with E-state index in [-0.39, 0.29) is 0 Å². The van der Waals surface area contributed by atoms with E-state index in [9.17, 15) is 0 Å². The van der Waals surface area contributed by atoms with Gasteiger partial charge >= 0.3 is 0 Å². The van der Waals surface area contributed by atoms with Gasteiger partial charge in [0, 0.05) is 13.1 Å². The quantitative estimate of drug-likeness (QED) is 0.754. The van der Waals surface area contributed by atoms with Gasteiger partial charge in [-0.3, -0.25) is 0 Å². The van der Waals surface area contributed by atoms with Gasteiger partial charge < -0.3 is 9.64 Å². The van der Waals surface area contributed by atoms with Crippen LogP contribution in [0.4, 0.5) is 5.95 Å². The Labute approximate surface area is 90.7 Å². The molecule has 4 nitrogen and oxygen atoms in total. The van der Waals surface area contributed by atoms with Crippen molar-refractivity contribution in [3.63, 3.8) is 0 Å². The van der Waals surface area contributed by atoms with Crippen LogP contribution in [-0.2, 0) is 0 Å². The first-order chi connectivity index (χ1) is 6.81. The number of ether oxygens (including phenoxy) is 1. The average Bonchev–Trinajstić information content (AvgIpc) is 2.71. The van der Waals surface area contributed by atoms with Gasteiger partial charge in [0.1, 0.15) is 0 Å². The summed E-state index contributed by atoms with van der Waals surface area (Å²) in [5, 5.41) is 0. The van der Waals surface area contributed by atoms with Gasteiger partial charge in [-0.2, -0.15) is 4.98 Å². The molecule has 0 aliphatic carbocycles. The molecular formula is C9H10BrN3O. The number of hydrogen-bond acceptors (Lipinski definition) is 4. The molecule has 0 N–H and O–H groups in total. The van der Waals surface area contributed by atoms with Crippen molar-refractivity contribution in [1.82, 2.24) is 9.97 Å². The highest BCUT2D eigenvalue weighted by Crippen LogP contribution is 2.23. The van der Waals surface area contributed by atoms with Gasteiger partial charge in [-0.1, -0.05) is 12.2 Å². The normalized spacial score (nSPS) is 14.9. The van der Waals surface area contributed by atoms with Gasteiger partial charge in [-0.05, 0) is 15.9 Å². The minimum absolute atomic E-state index is 0.571. The average molecular weight is 256 g/mol. The minimum Gasteiger partial charge on any atom is -0.480 e. The lowest BCUT2D eigenvalue weighted by Crippen LogP contribution is -2.21. The van der Waals surface area contributed by atoms with E-state index in [4.69, 9.17) is 4.74 Å². The Morgan fingerprint density at radius 1 is 1.43 bits per heavy atom. The molecule has 0 radical (unpaired) electrons. The van der Waals surface area contributed by atoms with Crippen molar-refractivity contribution < 1.29 is 4.74 Å². The van der Waals surface area contributed by atoms with Crippen molar-refractivity contribution in [2.45, 2.75) is 0 Å². The van der Waals surface area contributed by atoms with E-state index in [1.165, 1.54) is 0 Å². The fraction of sp³-hybridized carbons (Fsp3) is 0.333. The summed E-state index contributed by atoms with van der Waals surface area (Å²) < 4.78 is 5.87. The molecule has 1 aliphatic rings. The zero-order chi connectivity index (χ0) is 9.97. The number of hydrogen-bond donors (Lipinski definition) is 0. The first kappa shape index (κ1) is 9.45. The van der Waals surface area contributed by atoms with Gasteiger partial charge in [0.15, 0.2) is 0 Å². The summed E-state index contributed by atoms with van der Waals surface area (Å²) >= 11 is 3.32. The number of halogens is 1. The summed E-state index contributed by atoms with van der Waals surface area (Å²) in [6.07, 6.45) is 5.90. The van der Waals surface area contributed by atoms with Crippen molar-refractivity contribution >= 4 is 21.9 Å². The van der Waals surface area contributed by atoms with Crippen LogP contribution in [0.2, 0.25) is 0 Å². The molecule has 0 spiro atoms. The third-order valence-corrected chi connectivity index (χ3v) is 2.54. The molecular weight excluding hydrogens is 246 g/mol. The molecule has 2 heterocycles. The van der Waals surface area contributed by atoms with E-state index in [1.807, 2.05) is 0 Å². The molecule has 2 rings (SSSR count). The van der Waals surface area contributed by atoms with Gasteiger partial charge in [0.25, 0.3) is 0 Å². The Morgan fingerprint density at radius 3 is 2.79 bits per heavy atom. The number of aromatic nitrogens is 2. The lowest BCUT2D eigenvalue weighted by atomic mass is 10.6. The molecule has 0 aromatic carbocycles. The lowest BCUT2D eigenvalue weighted by Gasteiger charge is -2.15. The standard InChI is InChI=1S/C9H10BrN3O/c1-14-8-7(10)6-11-9(12-8)13-4-2-3-5-13/h2-3,6H,4-5H2,1H3. The second kappa shape index (κ2) is 3.96. The third kappa shape index (κ3) is 1.72. The SMILES string of the molecule is COc1nc(N2CC=CC2)ncc1Br. The van der Waals surface area contributed by atoms with Crippen molar-refractivity contribution in [2.24, 2.45) is 0 Å². The van der Waals surface area contributed by atoms with Crippen LogP contribution in [0.3, 0.4) is 0 Å². The van der Waals surface area contributed by atoms with E-state index < -0.39 is 0 Å². The molecule has 74 valence electrons. The van der Waals surface area contributed by atoms with Crippen molar-refractivity contribution in [1.29, 1.82) is 0 Å². The Hall–Kier alpha value is -1.10. The predicted molar refractivity (Wildman–Crippen MR) is 57.6 cm³/mol. The molecule has 0 saturated carbocycles. The third-order valence-electron chi connectivity index (χ3n) is 1.99. The van der Waals surface area contributed by atoms with Gasteiger partial charge in [0.2, 0.25) is 11.8 Å². The zero-order valence-electron chi connectivity index (χ0n) is 7.77. The van der Waals surface area contributed by atoms with Crippen LogP contribution in [-0.4, -0.2) is 30.2 Å². The summed E-state index contributed by atoms with van der Waals surface area (Å²) in [6.45, 7) is 1.73. The smallest absolute Gasteiger partial charge is 0.232 e. The highest BCUT2D eigenvalue weighted by molar-refractivity contribution is 9.10. The number of nitrogens with zero attached hydrogens (tertiary/aromatic N) is 3. The van der Waals surface area contributed by atoms with Crippen LogP contribution in [0.15, 0.2) is 22.8 Å². The zero-order valence-corrected chi connectivity index (χ0v) is 9.36. The molecule has 0 bridgehead atoms. The summed E-state index contributed by atoms with van der Waals surface area (Å²) in [5.41, 5.74) is 0. The van der Waals surface area contributed by atoms with Gasteiger partial charge in [-0.15, -0.1) is 0 Å². The molecule has 1 aromatic rings. The maximum Gasteiger partial charge on any atom is 0.232 e. The largest absolute Gasteiger partial charge is 0.480 e. The van der Waals surface area contributed by atoms with E-state index >= 15 is 0 Å². The van der Waals surface area contributed by atoms with Gasteiger partial charge in [-0.25, -0.2) is 4.98 Å². The van der Waals surface area contributed by atoms with Crippen LogP contribution >= 0.6 is 15.9 Å². The summed E-state index contributed by atoms with van der Waals surface area (Å²) in [5.74, 6) is 1.27. The number of rotatable bonds is 2. The van der Waals surface area contributed by atoms with Crippen molar-refractivity contribution in [3.05, 3.63) is 22.8 Å². The molecule has 0 unspecified atom stereocenters. The fourth-order valence-corrected chi connectivity index (χ4v) is 1.63. The first-order valence-electron chi connectivity index (χ1n) is 4.27. The monoisotopic (exact) mass is 255 g/mol. The topological polar surface area (TPSA) is 38.2 Å². The molecule has 0 saturated heterocycles. The Morgan fingerprint density at radius 2 is 2.14 bits per heavy atom. The van der Waals surface area contributed by atoms with E-state index in [2.05, 4.69) is 42.9 Å². The number of anilines is 1.